The molecule has 16 heavy (non-hydrogen) atoms. The van der Waals surface area contributed by atoms with E-state index in [0.717, 1.165) is 17.5 Å². The molecule has 0 bridgehead atoms. The molecule has 2 rings (SSSR count). The summed E-state index contributed by atoms with van der Waals surface area (Å²) in [5.41, 5.74) is 1.98. The van der Waals surface area contributed by atoms with Crippen LogP contribution in [-0.4, -0.2) is 5.78 Å². The largest absolute Gasteiger partial charge is 0.294 e. The molecule has 2 aromatic heterocycles. The molecule has 0 spiro atoms. The Hall–Kier alpha value is -0.930. The molecule has 0 aromatic carbocycles. The predicted molar refractivity (Wildman–Crippen MR) is 70.8 cm³/mol. The van der Waals surface area contributed by atoms with Gasteiger partial charge >= 0.3 is 0 Å². The lowest BCUT2D eigenvalue weighted by Gasteiger charge is -1.97. The van der Waals surface area contributed by atoms with Crippen molar-refractivity contribution in [1.82, 2.24) is 0 Å². The van der Waals surface area contributed by atoms with Crippen molar-refractivity contribution in [1.29, 1.82) is 0 Å². The summed E-state index contributed by atoms with van der Waals surface area (Å²) in [6.45, 7) is 4.14. The van der Waals surface area contributed by atoms with Crippen molar-refractivity contribution < 1.29 is 4.79 Å². The van der Waals surface area contributed by atoms with Crippen molar-refractivity contribution in [2.24, 2.45) is 0 Å². The molecule has 0 saturated heterocycles. The zero-order valence-corrected chi connectivity index (χ0v) is 11.1. The van der Waals surface area contributed by atoms with Gasteiger partial charge in [-0.05, 0) is 36.4 Å². The third kappa shape index (κ3) is 2.42. The Labute approximate surface area is 104 Å². The van der Waals surface area contributed by atoms with Gasteiger partial charge in [0.25, 0.3) is 0 Å². The Morgan fingerprint density at radius 1 is 1.25 bits per heavy atom. The van der Waals surface area contributed by atoms with Crippen molar-refractivity contribution in [3.05, 3.63) is 43.8 Å². The highest BCUT2D eigenvalue weighted by Crippen LogP contribution is 2.21. The summed E-state index contributed by atoms with van der Waals surface area (Å²) in [6, 6.07) is 4.19. The molecule has 0 N–H and O–H groups in total. The second-order valence-electron chi connectivity index (χ2n) is 3.79. The molecule has 0 aliphatic rings. The van der Waals surface area contributed by atoms with E-state index in [9.17, 15) is 4.79 Å². The van der Waals surface area contributed by atoms with Crippen molar-refractivity contribution in [2.45, 2.75) is 26.7 Å². The summed E-state index contributed by atoms with van der Waals surface area (Å²) in [4.78, 5) is 14.5. The summed E-state index contributed by atoms with van der Waals surface area (Å²) in [6.07, 6.45) is 1.60. The van der Waals surface area contributed by atoms with Crippen LogP contribution in [-0.2, 0) is 12.8 Å². The fourth-order valence-electron chi connectivity index (χ4n) is 1.61. The minimum absolute atomic E-state index is 0.239. The van der Waals surface area contributed by atoms with Gasteiger partial charge in [-0.1, -0.05) is 6.92 Å². The van der Waals surface area contributed by atoms with Crippen LogP contribution in [0.5, 0.6) is 0 Å². The molecule has 0 atom stereocenters. The summed E-state index contributed by atoms with van der Waals surface area (Å²) in [7, 11) is 0. The van der Waals surface area contributed by atoms with E-state index in [1.165, 1.54) is 9.75 Å². The Kier molecular flexibility index (Phi) is 3.56. The first-order valence-corrected chi connectivity index (χ1v) is 7.10. The highest BCUT2D eigenvalue weighted by Gasteiger charge is 2.11. The predicted octanol–water partition coefficient (Wildman–Crippen LogP) is 4.11. The number of hydrogen-bond acceptors (Lipinski definition) is 3. The van der Waals surface area contributed by atoms with Crippen molar-refractivity contribution >= 4 is 28.5 Å². The maximum absolute atomic E-state index is 12.0. The van der Waals surface area contributed by atoms with Crippen molar-refractivity contribution in [2.75, 3.05) is 0 Å². The maximum Gasteiger partial charge on any atom is 0.169 e. The average molecular weight is 250 g/mol. The molecule has 2 heterocycles. The molecule has 0 fully saturated rings. The molecule has 2 aromatic rings. The fraction of sp³-hybridized carbons (Fsp3) is 0.308. The van der Waals surface area contributed by atoms with Gasteiger partial charge in [-0.3, -0.25) is 4.79 Å². The van der Waals surface area contributed by atoms with E-state index in [-0.39, 0.29) is 5.78 Å². The Morgan fingerprint density at radius 2 is 2.00 bits per heavy atom. The van der Waals surface area contributed by atoms with E-state index in [2.05, 4.69) is 19.1 Å². The van der Waals surface area contributed by atoms with Crippen LogP contribution in [0.2, 0.25) is 0 Å². The molecule has 0 amide bonds. The number of hydrogen-bond donors (Lipinski definition) is 0. The zero-order valence-electron chi connectivity index (χ0n) is 9.45. The quantitative estimate of drug-likeness (QED) is 0.746. The molecule has 0 unspecified atom stereocenters. The smallest absolute Gasteiger partial charge is 0.169 e. The van der Waals surface area contributed by atoms with Crippen LogP contribution in [0.3, 0.4) is 0 Å². The van der Waals surface area contributed by atoms with Gasteiger partial charge in [-0.2, -0.15) is 11.3 Å². The van der Waals surface area contributed by atoms with E-state index in [1.54, 1.807) is 22.7 Å². The van der Waals surface area contributed by atoms with E-state index in [4.69, 9.17) is 0 Å². The number of carbonyl (C=O) groups excluding carboxylic acids is 1. The standard InChI is InChI=1S/C13H14OS2/c1-3-10-4-5-11(16-10)6-13(14)12-8-15-7-9(12)2/h4-5,7-8H,3,6H2,1-2H3. The number of aryl methyl sites for hydroxylation is 2. The Balaban J connectivity index is 2.11. The minimum Gasteiger partial charge on any atom is -0.294 e. The number of thiophene rings is 2. The lowest BCUT2D eigenvalue weighted by molar-refractivity contribution is 0.0993. The zero-order chi connectivity index (χ0) is 11.5. The van der Waals surface area contributed by atoms with Gasteiger partial charge in [0.15, 0.2) is 5.78 Å². The number of carbonyl (C=O) groups is 1. The SMILES string of the molecule is CCc1ccc(CC(=O)c2cscc2C)s1. The lowest BCUT2D eigenvalue weighted by Crippen LogP contribution is -2.02. The molecule has 3 heteroatoms. The molecule has 0 radical (unpaired) electrons. The lowest BCUT2D eigenvalue weighted by atomic mass is 10.1. The van der Waals surface area contributed by atoms with Gasteiger partial charge in [0, 0.05) is 27.1 Å². The second kappa shape index (κ2) is 4.93. The molecular formula is C13H14OS2. The molecule has 0 saturated carbocycles. The fourth-order valence-corrected chi connectivity index (χ4v) is 3.42. The minimum atomic E-state index is 0.239. The molecule has 0 aliphatic carbocycles. The first-order valence-electron chi connectivity index (χ1n) is 5.34. The highest BCUT2D eigenvalue weighted by molar-refractivity contribution is 7.12. The van der Waals surface area contributed by atoms with Gasteiger partial charge in [-0.25, -0.2) is 0 Å². The maximum atomic E-state index is 12.0. The number of ketones is 1. The van der Waals surface area contributed by atoms with Crippen LogP contribution in [0.25, 0.3) is 0 Å². The molecule has 84 valence electrons. The summed E-state index contributed by atoms with van der Waals surface area (Å²) < 4.78 is 0. The van der Waals surface area contributed by atoms with Gasteiger partial charge in [-0.15, -0.1) is 11.3 Å². The summed E-state index contributed by atoms with van der Waals surface area (Å²) in [5.74, 6) is 0.239. The van der Waals surface area contributed by atoms with Crippen LogP contribution in [0, 0.1) is 6.92 Å². The van der Waals surface area contributed by atoms with E-state index in [1.807, 2.05) is 17.7 Å². The van der Waals surface area contributed by atoms with Crippen LogP contribution in [0.1, 0.15) is 32.6 Å². The first-order chi connectivity index (χ1) is 7.70. The second-order valence-corrected chi connectivity index (χ2v) is 5.79. The van der Waals surface area contributed by atoms with Crippen molar-refractivity contribution in [3.8, 4) is 0 Å². The topological polar surface area (TPSA) is 17.1 Å². The van der Waals surface area contributed by atoms with Crippen LogP contribution < -0.4 is 0 Å². The Morgan fingerprint density at radius 3 is 2.56 bits per heavy atom. The molecular weight excluding hydrogens is 236 g/mol. The van der Waals surface area contributed by atoms with Crippen LogP contribution >= 0.6 is 22.7 Å². The number of Topliss-reactive ketones (excluding diaryl/α,β-unsaturated/α-hetero) is 1. The third-order valence-electron chi connectivity index (χ3n) is 2.56. The van der Waals surface area contributed by atoms with Gasteiger partial charge in [0.05, 0.1) is 0 Å². The monoisotopic (exact) mass is 250 g/mol. The van der Waals surface area contributed by atoms with E-state index >= 15 is 0 Å². The van der Waals surface area contributed by atoms with E-state index in [0.29, 0.717) is 6.42 Å². The normalized spacial score (nSPS) is 10.6. The number of rotatable bonds is 4. The Bertz CT molecular complexity index is 494. The van der Waals surface area contributed by atoms with Crippen LogP contribution in [0.15, 0.2) is 22.9 Å². The summed E-state index contributed by atoms with van der Waals surface area (Å²) >= 11 is 3.34. The van der Waals surface area contributed by atoms with E-state index < -0.39 is 0 Å². The average Bonchev–Trinajstić information content (AvgIpc) is 2.86. The first kappa shape index (κ1) is 11.6. The molecule has 0 aliphatic heterocycles. The van der Waals surface area contributed by atoms with Gasteiger partial charge in [0.2, 0.25) is 0 Å². The molecule has 1 nitrogen and oxygen atoms in total. The van der Waals surface area contributed by atoms with Gasteiger partial charge < -0.3 is 0 Å². The van der Waals surface area contributed by atoms with Crippen molar-refractivity contribution in [3.63, 3.8) is 0 Å². The van der Waals surface area contributed by atoms with Gasteiger partial charge in [0.1, 0.15) is 0 Å². The third-order valence-corrected chi connectivity index (χ3v) is 4.65. The van der Waals surface area contributed by atoms with Crippen LogP contribution in [0.4, 0.5) is 0 Å². The summed E-state index contributed by atoms with van der Waals surface area (Å²) in [5, 5.41) is 3.98. The highest BCUT2D eigenvalue weighted by atomic mass is 32.1.